The zero-order valence-electron chi connectivity index (χ0n) is 17.6. The van der Waals surface area contributed by atoms with Crippen LogP contribution < -0.4 is 4.90 Å². The van der Waals surface area contributed by atoms with Gasteiger partial charge in [0.25, 0.3) is 0 Å². The van der Waals surface area contributed by atoms with Gasteiger partial charge in [0.1, 0.15) is 22.2 Å². The van der Waals surface area contributed by atoms with Crippen molar-refractivity contribution in [3.05, 3.63) is 35.6 Å². The van der Waals surface area contributed by atoms with Gasteiger partial charge in [-0.25, -0.2) is 15.0 Å². The lowest BCUT2D eigenvalue weighted by Gasteiger charge is -2.41. The monoisotopic (exact) mass is 433 g/mol. The Morgan fingerprint density at radius 2 is 2.10 bits per heavy atom. The van der Waals surface area contributed by atoms with E-state index < -0.39 is 0 Å². The Hall–Kier alpha value is -3.14. The maximum Gasteiger partial charge on any atom is 0.165 e. The van der Waals surface area contributed by atoms with Gasteiger partial charge >= 0.3 is 0 Å². The molecule has 9 nitrogen and oxygen atoms in total. The minimum Gasteiger partial charge on any atom is -0.341 e. The molecule has 0 saturated heterocycles. The van der Waals surface area contributed by atoms with Crippen molar-refractivity contribution in [2.75, 3.05) is 4.90 Å². The van der Waals surface area contributed by atoms with Gasteiger partial charge in [-0.2, -0.15) is 5.10 Å². The lowest BCUT2D eigenvalue weighted by Crippen LogP contribution is -2.43. The molecule has 2 atom stereocenters. The number of aryl methyl sites for hydroxylation is 1. The highest BCUT2D eigenvalue weighted by Gasteiger charge is 2.42. The molecule has 0 aromatic carbocycles. The van der Waals surface area contributed by atoms with Gasteiger partial charge < -0.3 is 4.90 Å². The van der Waals surface area contributed by atoms with E-state index in [1.807, 2.05) is 18.5 Å². The molecule has 1 saturated carbocycles. The Balaban J connectivity index is 1.54. The summed E-state index contributed by atoms with van der Waals surface area (Å²) >= 11 is 1.56. The minimum atomic E-state index is 0.134. The van der Waals surface area contributed by atoms with Crippen LogP contribution in [0.5, 0.6) is 0 Å². The third-order valence-corrected chi connectivity index (χ3v) is 7.17. The number of fused-ring (bicyclic) bond motifs is 3. The number of hydrogen-bond donors (Lipinski definition) is 1. The number of H-pyrrole nitrogens is 1. The lowest BCUT2D eigenvalue weighted by molar-refractivity contribution is 0.454. The van der Waals surface area contributed by atoms with Gasteiger partial charge in [-0.1, -0.05) is 6.92 Å². The Morgan fingerprint density at radius 1 is 1.23 bits per heavy atom. The molecule has 158 valence electrons. The van der Waals surface area contributed by atoms with E-state index in [2.05, 4.69) is 48.7 Å². The summed E-state index contributed by atoms with van der Waals surface area (Å²) in [5.74, 6) is 4.11. The van der Waals surface area contributed by atoms with E-state index in [9.17, 15) is 0 Å². The molecule has 1 unspecified atom stereocenters. The highest BCUT2D eigenvalue weighted by atomic mass is 32.1. The minimum absolute atomic E-state index is 0.134. The fraction of sp³-hybridized carbons (Fsp3) is 0.429. The zero-order chi connectivity index (χ0) is 21.1. The number of anilines is 1. The normalized spacial score (nSPS) is 18.7. The fourth-order valence-electron chi connectivity index (χ4n) is 4.64. The van der Waals surface area contributed by atoms with Crippen LogP contribution in [0.25, 0.3) is 27.8 Å². The van der Waals surface area contributed by atoms with Crippen LogP contribution in [-0.4, -0.2) is 46.0 Å². The molecule has 6 rings (SSSR count). The molecule has 0 amide bonds. The van der Waals surface area contributed by atoms with Crippen molar-refractivity contribution in [1.82, 2.24) is 39.9 Å². The number of thiazole rings is 1. The predicted octanol–water partition coefficient (Wildman–Crippen LogP) is 3.95. The summed E-state index contributed by atoms with van der Waals surface area (Å²) in [6.07, 6.45) is 8.94. The third kappa shape index (κ3) is 2.81. The summed E-state index contributed by atoms with van der Waals surface area (Å²) in [6, 6.07) is 0.509. The predicted molar refractivity (Wildman–Crippen MR) is 118 cm³/mol. The number of rotatable bonds is 5. The third-order valence-electron chi connectivity index (χ3n) is 6.38. The van der Waals surface area contributed by atoms with Crippen molar-refractivity contribution in [2.24, 2.45) is 5.92 Å². The maximum atomic E-state index is 5.11. The highest BCUT2D eigenvalue weighted by molar-refractivity contribution is 7.13. The second kappa shape index (κ2) is 6.94. The number of nitrogens with one attached hydrogen (secondary N) is 1. The molecule has 1 N–H and O–H groups in total. The van der Waals surface area contributed by atoms with Gasteiger partial charge in [0.2, 0.25) is 0 Å². The second-order valence-corrected chi connectivity index (χ2v) is 9.14. The summed E-state index contributed by atoms with van der Waals surface area (Å²) in [4.78, 5) is 16.7. The van der Waals surface area contributed by atoms with Crippen molar-refractivity contribution in [3.63, 3.8) is 0 Å². The number of aromatic nitrogens is 8. The van der Waals surface area contributed by atoms with Crippen molar-refractivity contribution in [3.8, 4) is 27.8 Å². The Morgan fingerprint density at radius 3 is 2.84 bits per heavy atom. The van der Waals surface area contributed by atoms with Crippen LogP contribution in [0.2, 0.25) is 0 Å². The SMILES string of the molecule is CC[C@@H]1c2nnc(C)n2-c2cnc(-c3cn[nH]c3-c3nccs3)nc2N1C(C)C1CC1. The molecule has 2 aliphatic rings. The first kappa shape index (κ1) is 18.6. The molecule has 5 heterocycles. The smallest absolute Gasteiger partial charge is 0.165 e. The number of aromatic amines is 1. The van der Waals surface area contributed by atoms with E-state index >= 15 is 0 Å². The molecular formula is C21H23N9S. The van der Waals surface area contributed by atoms with E-state index in [4.69, 9.17) is 9.97 Å². The van der Waals surface area contributed by atoms with Gasteiger partial charge in [0.05, 0.1) is 24.0 Å². The van der Waals surface area contributed by atoms with Crippen LogP contribution >= 0.6 is 11.3 Å². The van der Waals surface area contributed by atoms with E-state index in [-0.39, 0.29) is 6.04 Å². The second-order valence-electron chi connectivity index (χ2n) is 8.25. The standard InChI is InChI=1S/C21H23N9S/c1-4-15-20-28-26-12(3)30(20)16-10-23-18(25-19(16)29(15)11(2)13-5-6-13)14-9-24-27-17(14)21-22-7-8-31-21/h7-11,13,15H,4-6H2,1-3H3,(H,24,27)/t11?,15-/m1/s1. The van der Waals surface area contributed by atoms with Crippen LogP contribution in [0.1, 0.15) is 50.8 Å². The van der Waals surface area contributed by atoms with Gasteiger partial charge in [0, 0.05) is 17.6 Å². The summed E-state index contributed by atoms with van der Waals surface area (Å²) in [7, 11) is 0. The van der Waals surface area contributed by atoms with E-state index in [1.54, 1.807) is 23.7 Å². The molecule has 1 aliphatic heterocycles. The molecule has 0 spiro atoms. The Kier molecular flexibility index (Phi) is 4.17. The molecule has 1 fully saturated rings. The molecule has 1 aliphatic carbocycles. The molecule has 0 bridgehead atoms. The molecule has 4 aromatic heterocycles. The van der Waals surface area contributed by atoms with Crippen LogP contribution in [0, 0.1) is 12.8 Å². The topological polar surface area (TPSA) is 101 Å². The van der Waals surface area contributed by atoms with E-state index in [1.165, 1.54) is 12.8 Å². The summed E-state index contributed by atoms with van der Waals surface area (Å²) < 4.78 is 2.11. The van der Waals surface area contributed by atoms with Gasteiger partial charge in [-0.15, -0.1) is 21.5 Å². The lowest BCUT2D eigenvalue weighted by atomic mass is 10.0. The zero-order valence-corrected chi connectivity index (χ0v) is 18.5. The average Bonchev–Trinajstić information content (AvgIpc) is 3.16. The van der Waals surface area contributed by atoms with Crippen LogP contribution in [-0.2, 0) is 0 Å². The average molecular weight is 434 g/mol. The van der Waals surface area contributed by atoms with Crippen molar-refractivity contribution in [1.29, 1.82) is 0 Å². The van der Waals surface area contributed by atoms with Crippen molar-refractivity contribution < 1.29 is 0 Å². The van der Waals surface area contributed by atoms with E-state index in [0.717, 1.165) is 45.8 Å². The summed E-state index contributed by atoms with van der Waals surface area (Å²) in [5.41, 5.74) is 2.65. The largest absolute Gasteiger partial charge is 0.341 e. The van der Waals surface area contributed by atoms with Crippen molar-refractivity contribution >= 4 is 17.2 Å². The molecule has 0 radical (unpaired) electrons. The van der Waals surface area contributed by atoms with Crippen molar-refractivity contribution in [2.45, 2.75) is 52.1 Å². The molecule has 31 heavy (non-hydrogen) atoms. The first-order valence-corrected chi connectivity index (χ1v) is 11.6. The summed E-state index contributed by atoms with van der Waals surface area (Å²) in [5, 5.41) is 19.1. The van der Waals surface area contributed by atoms with Crippen LogP contribution in [0.3, 0.4) is 0 Å². The number of hydrogen-bond acceptors (Lipinski definition) is 8. The van der Waals surface area contributed by atoms with Gasteiger partial charge in [0.15, 0.2) is 17.5 Å². The van der Waals surface area contributed by atoms with Crippen LogP contribution in [0.15, 0.2) is 24.0 Å². The first-order valence-electron chi connectivity index (χ1n) is 10.7. The fourth-order valence-corrected chi connectivity index (χ4v) is 5.28. The Labute approximate surface area is 183 Å². The first-order chi connectivity index (χ1) is 15.2. The highest BCUT2D eigenvalue weighted by Crippen LogP contribution is 2.46. The molecular weight excluding hydrogens is 410 g/mol. The quantitative estimate of drug-likeness (QED) is 0.508. The van der Waals surface area contributed by atoms with E-state index in [0.29, 0.717) is 17.8 Å². The van der Waals surface area contributed by atoms with Gasteiger partial charge in [-0.05, 0) is 39.0 Å². The number of nitrogens with zero attached hydrogens (tertiary/aromatic N) is 8. The van der Waals surface area contributed by atoms with Gasteiger partial charge in [-0.3, -0.25) is 9.67 Å². The van der Waals surface area contributed by atoms with Crippen LogP contribution in [0.4, 0.5) is 5.82 Å². The molecule has 10 heteroatoms. The maximum absolute atomic E-state index is 5.11. The summed E-state index contributed by atoms with van der Waals surface area (Å²) in [6.45, 7) is 6.50. The molecule has 4 aromatic rings. The Bertz CT molecular complexity index is 1240.